The maximum absolute atomic E-state index is 13.3. The van der Waals surface area contributed by atoms with Gasteiger partial charge in [-0.05, 0) is 63.6 Å². The largest absolute Gasteiger partial charge is 0.355 e. The molecule has 0 radical (unpaired) electrons. The highest BCUT2D eigenvalue weighted by Crippen LogP contribution is 2.31. The molecule has 0 spiro atoms. The SMILES string of the molecule is C[C@@H]1CCCCN1CCCNC(=O)[C@@H](C1CCCC1)N1CCN(C(=O)c2ccccc2)CC1. The molecule has 1 N–H and O–H groups in total. The van der Waals surface area contributed by atoms with Gasteiger partial charge in [-0.2, -0.15) is 0 Å². The van der Waals surface area contributed by atoms with Gasteiger partial charge in [0.25, 0.3) is 5.91 Å². The average Bonchev–Trinajstić information content (AvgIpc) is 3.38. The Labute approximate surface area is 199 Å². The molecule has 0 aromatic heterocycles. The molecule has 2 atom stereocenters. The van der Waals surface area contributed by atoms with Crippen molar-refractivity contribution < 1.29 is 9.59 Å². The van der Waals surface area contributed by atoms with E-state index in [1.165, 1.54) is 38.6 Å². The normalized spacial score (nSPS) is 24.0. The number of rotatable bonds is 8. The van der Waals surface area contributed by atoms with Crippen molar-refractivity contribution in [2.24, 2.45) is 5.92 Å². The predicted molar refractivity (Wildman–Crippen MR) is 132 cm³/mol. The van der Waals surface area contributed by atoms with Crippen LogP contribution in [0.15, 0.2) is 30.3 Å². The highest BCUT2D eigenvalue weighted by molar-refractivity contribution is 5.94. The smallest absolute Gasteiger partial charge is 0.253 e. The number of nitrogens with zero attached hydrogens (tertiary/aromatic N) is 3. The summed E-state index contributed by atoms with van der Waals surface area (Å²) in [6.45, 7) is 8.31. The quantitative estimate of drug-likeness (QED) is 0.612. The highest BCUT2D eigenvalue weighted by Gasteiger charge is 2.37. The number of benzene rings is 1. The van der Waals surface area contributed by atoms with Crippen molar-refractivity contribution in [3.8, 4) is 0 Å². The van der Waals surface area contributed by atoms with E-state index in [2.05, 4.69) is 22.0 Å². The fourth-order valence-corrected chi connectivity index (χ4v) is 6.01. The van der Waals surface area contributed by atoms with Crippen molar-refractivity contribution in [3.63, 3.8) is 0 Å². The van der Waals surface area contributed by atoms with Gasteiger partial charge in [0.05, 0.1) is 6.04 Å². The third-order valence-electron chi connectivity index (χ3n) is 7.99. The summed E-state index contributed by atoms with van der Waals surface area (Å²) in [5.74, 6) is 0.754. The molecule has 1 aromatic carbocycles. The molecule has 1 aliphatic carbocycles. The summed E-state index contributed by atoms with van der Waals surface area (Å²) in [6, 6.07) is 10.2. The molecule has 2 heterocycles. The average molecular weight is 455 g/mol. The molecule has 2 amide bonds. The summed E-state index contributed by atoms with van der Waals surface area (Å²) in [6.07, 6.45) is 9.73. The minimum absolute atomic E-state index is 0.0459. The van der Waals surface area contributed by atoms with E-state index in [9.17, 15) is 9.59 Å². The first-order valence-electron chi connectivity index (χ1n) is 13.2. The first-order chi connectivity index (χ1) is 16.1. The van der Waals surface area contributed by atoms with Crippen LogP contribution in [0.25, 0.3) is 0 Å². The van der Waals surface area contributed by atoms with Crippen LogP contribution in [0.1, 0.15) is 68.6 Å². The van der Waals surface area contributed by atoms with Crippen molar-refractivity contribution in [3.05, 3.63) is 35.9 Å². The molecule has 3 fully saturated rings. The number of hydrogen-bond acceptors (Lipinski definition) is 4. The van der Waals surface area contributed by atoms with Gasteiger partial charge >= 0.3 is 0 Å². The number of amides is 2. The molecule has 2 aliphatic heterocycles. The Morgan fingerprint density at radius 2 is 1.64 bits per heavy atom. The minimum Gasteiger partial charge on any atom is -0.355 e. The van der Waals surface area contributed by atoms with Crippen LogP contribution in [0.2, 0.25) is 0 Å². The zero-order valence-corrected chi connectivity index (χ0v) is 20.4. The minimum atomic E-state index is -0.0459. The lowest BCUT2D eigenvalue weighted by molar-refractivity contribution is -0.129. The summed E-state index contributed by atoms with van der Waals surface area (Å²) in [4.78, 5) is 33.0. The molecular formula is C27H42N4O2. The molecule has 4 rings (SSSR count). The lowest BCUT2D eigenvalue weighted by Gasteiger charge is -2.41. The molecule has 0 unspecified atom stereocenters. The van der Waals surface area contributed by atoms with Crippen molar-refractivity contribution in [1.82, 2.24) is 20.0 Å². The second-order valence-corrected chi connectivity index (χ2v) is 10.2. The molecule has 33 heavy (non-hydrogen) atoms. The van der Waals surface area contributed by atoms with E-state index in [1.54, 1.807) is 0 Å². The van der Waals surface area contributed by atoms with Gasteiger partial charge in [-0.3, -0.25) is 14.5 Å². The van der Waals surface area contributed by atoms with Crippen LogP contribution in [0.3, 0.4) is 0 Å². The van der Waals surface area contributed by atoms with Crippen molar-refractivity contribution >= 4 is 11.8 Å². The summed E-state index contributed by atoms with van der Waals surface area (Å²) < 4.78 is 0. The second kappa shape index (κ2) is 12.0. The number of piperazine rings is 1. The molecular weight excluding hydrogens is 412 g/mol. The molecule has 182 valence electrons. The van der Waals surface area contributed by atoms with Crippen molar-refractivity contribution in [2.75, 3.05) is 45.8 Å². The zero-order chi connectivity index (χ0) is 23.0. The fraction of sp³-hybridized carbons (Fsp3) is 0.704. The fourth-order valence-electron chi connectivity index (χ4n) is 6.01. The van der Waals surface area contributed by atoms with Gasteiger partial charge in [0.2, 0.25) is 5.91 Å². The molecule has 6 heteroatoms. The van der Waals surface area contributed by atoms with E-state index in [1.807, 2.05) is 35.2 Å². The molecule has 0 bridgehead atoms. The van der Waals surface area contributed by atoms with Crippen LogP contribution in [-0.4, -0.2) is 84.4 Å². The van der Waals surface area contributed by atoms with Gasteiger partial charge in [0, 0.05) is 50.9 Å². The van der Waals surface area contributed by atoms with Crippen molar-refractivity contribution in [2.45, 2.75) is 70.4 Å². The molecule has 1 saturated carbocycles. The summed E-state index contributed by atoms with van der Waals surface area (Å²) in [5, 5.41) is 3.28. The van der Waals surface area contributed by atoms with E-state index >= 15 is 0 Å². The number of piperidine rings is 1. The second-order valence-electron chi connectivity index (χ2n) is 10.2. The summed E-state index contributed by atoms with van der Waals surface area (Å²) in [7, 11) is 0. The van der Waals surface area contributed by atoms with Crippen LogP contribution in [0.4, 0.5) is 0 Å². The molecule has 2 saturated heterocycles. The van der Waals surface area contributed by atoms with E-state index in [4.69, 9.17) is 0 Å². The Kier molecular flexibility index (Phi) is 8.79. The molecule has 3 aliphatic rings. The van der Waals surface area contributed by atoms with Gasteiger partial charge in [-0.1, -0.05) is 37.5 Å². The van der Waals surface area contributed by atoms with Gasteiger partial charge in [-0.15, -0.1) is 0 Å². The van der Waals surface area contributed by atoms with E-state index in [0.717, 1.165) is 51.0 Å². The van der Waals surface area contributed by atoms with Gasteiger partial charge in [0.1, 0.15) is 0 Å². The van der Waals surface area contributed by atoms with Gasteiger partial charge < -0.3 is 15.1 Å². The van der Waals surface area contributed by atoms with E-state index < -0.39 is 0 Å². The number of likely N-dealkylation sites (tertiary alicyclic amines) is 1. The van der Waals surface area contributed by atoms with Crippen molar-refractivity contribution in [1.29, 1.82) is 0 Å². The van der Waals surface area contributed by atoms with Gasteiger partial charge in [-0.25, -0.2) is 0 Å². The predicted octanol–water partition coefficient (Wildman–Crippen LogP) is 3.38. The van der Waals surface area contributed by atoms with Crippen LogP contribution in [0.5, 0.6) is 0 Å². The van der Waals surface area contributed by atoms with Crippen LogP contribution in [0, 0.1) is 5.92 Å². The Bertz CT molecular complexity index is 757. The number of nitrogens with one attached hydrogen (secondary N) is 1. The monoisotopic (exact) mass is 454 g/mol. The number of hydrogen-bond donors (Lipinski definition) is 1. The topological polar surface area (TPSA) is 55.9 Å². The first kappa shape index (κ1) is 24.2. The third-order valence-corrected chi connectivity index (χ3v) is 7.99. The Morgan fingerprint density at radius 3 is 2.33 bits per heavy atom. The Hall–Kier alpha value is -1.92. The van der Waals surface area contributed by atoms with Crippen LogP contribution in [-0.2, 0) is 4.79 Å². The third kappa shape index (κ3) is 6.36. The number of carbonyl (C=O) groups is 2. The van der Waals surface area contributed by atoms with Gasteiger partial charge in [0.15, 0.2) is 0 Å². The standard InChI is InChI=1S/C27H42N4O2/c1-22-10-7-8-16-29(22)17-9-15-28-26(32)25(23-11-5-6-12-23)30-18-20-31(21-19-30)27(33)24-13-3-2-4-14-24/h2-4,13-14,22-23,25H,5-12,15-21H2,1H3,(H,28,32)/t22-,25-/m1/s1. The first-order valence-corrected chi connectivity index (χ1v) is 13.2. The van der Waals surface area contributed by atoms with E-state index in [0.29, 0.717) is 25.0 Å². The zero-order valence-electron chi connectivity index (χ0n) is 20.4. The van der Waals surface area contributed by atoms with E-state index in [-0.39, 0.29) is 17.9 Å². The summed E-state index contributed by atoms with van der Waals surface area (Å²) in [5.41, 5.74) is 0.749. The Balaban J connectivity index is 1.28. The highest BCUT2D eigenvalue weighted by atomic mass is 16.2. The summed E-state index contributed by atoms with van der Waals surface area (Å²) >= 11 is 0. The molecule has 1 aromatic rings. The Morgan fingerprint density at radius 1 is 0.939 bits per heavy atom. The lowest BCUT2D eigenvalue weighted by Crippen LogP contribution is -2.58. The van der Waals surface area contributed by atoms with Crippen LogP contribution < -0.4 is 5.32 Å². The lowest BCUT2D eigenvalue weighted by atomic mass is 9.95. The maximum atomic E-state index is 13.3. The number of carbonyl (C=O) groups excluding carboxylic acids is 2. The van der Waals surface area contributed by atoms with Crippen LogP contribution >= 0.6 is 0 Å². The maximum Gasteiger partial charge on any atom is 0.253 e. The molecule has 6 nitrogen and oxygen atoms in total.